The monoisotopic (exact) mass is 359 g/mol. The molecule has 26 heavy (non-hydrogen) atoms. The molecule has 142 valence electrons. The maximum atomic E-state index is 12.9. The molecular formula is C20H29N3O3. The fourth-order valence-electron chi connectivity index (χ4n) is 3.74. The number of hydrogen-bond donors (Lipinski definition) is 1. The summed E-state index contributed by atoms with van der Waals surface area (Å²) in [5.41, 5.74) is 0.491. The minimum absolute atomic E-state index is 0.0687. The molecule has 2 aliphatic rings. The minimum atomic E-state index is -0.664. The lowest BCUT2D eigenvalue weighted by Crippen LogP contribution is -2.50. The maximum absolute atomic E-state index is 12.9. The molecule has 1 aromatic rings. The zero-order valence-corrected chi connectivity index (χ0v) is 16.0. The highest BCUT2D eigenvalue weighted by molar-refractivity contribution is 6.07. The largest absolute Gasteiger partial charge is 0.492 e. The zero-order chi connectivity index (χ0) is 18.7. The van der Waals surface area contributed by atoms with Gasteiger partial charge in [0, 0.05) is 6.54 Å². The van der Waals surface area contributed by atoms with Crippen LogP contribution >= 0.6 is 0 Å². The second-order valence-corrected chi connectivity index (χ2v) is 7.81. The van der Waals surface area contributed by atoms with Crippen molar-refractivity contribution in [3.63, 3.8) is 0 Å². The molecule has 1 aromatic carbocycles. The lowest BCUT2D eigenvalue weighted by Gasteiger charge is -2.33. The van der Waals surface area contributed by atoms with Gasteiger partial charge in [-0.15, -0.1) is 0 Å². The third-order valence-electron chi connectivity index (χ3n) is 5.49. The number of benzene rings is 1. The van der Waals surface area contributed by atoms with Gasteiger partial charge in [-0.2, -0.15) is 0 Å². The quantitative estimate of drug-likeness (QED) is 0.794. The molecule has 6 nitrogen and oxygen atoms in total. The summed E-state index contributed by atoms with van der Waals surface area (Å²) < 4.78 is 5.75. The molecule has 1 aliphatic carbocycles. The normalized spacial score (nSPS) is 25.8. The van der Waals surface area contributed by atoms with Crippen LogP contribution in [0.5, 0.6) is 5.75 Å². The number of ether oxygens (including phenoxy) is 1. The number of urea groups is 1. The zero-order valence-electron chi connectivity index (χ0n) is 16.0. The number of carbonyl (C=O) groups is 2. The van der Waals surface area contributed by atoms with E-state index in [0.717, 1.165) is 37.0 Å². The van der Waals surface area contributed by atoms with Gasteiger partial charge in [0.05, 0.1) is 6.67 Å². The Hall–Kier alpha value is -2.08. The highest BCUT2D eigenvalue weighted by Crippen LogP contribution is 2.36. The second kappa shape index (κ2) is 7.66. The molecule has 1 N–H and O–H groups in total. The number of rotatable bonds is 6. The van der Waals surface area contributed by atoms with Crippen molar-refractivity contribution in [3.8, 4) is 5.75 Å². The summed E-state index contributed by atoms with van der Waals surface area (Å²) in [6.07, 6.45) is 3.46. The molecule has 2 fully saturated rings. The van der Waals surface area contributed by atoms with Gasteiger partial charge in [-0.3, -0.25) is 9.69 Å². The van der Waals surface area contributed by atoms with Crippen LogP contribution in [0.1, 0.15) is 38.2 Å². The number of nitrogens with zero attached hydrogens (tertiary/aromatic N) is 2. The molecule has 1 saturated heterocycles. The van der Waals surface area contributed by atoms with Crippen LogP contribution < -0.4 is 10.1 Å². The summed E-state index contributed by atoms with van der Waals surface area (Å²) in [4.78, 5) is 28.5. The van der Waals surface area contributed by atoms with E-state index in [-0.39, 0.29) is 11.9 Å². The molecule has 1 aliphatic heterocycles. The number of carbonyl (C=O) groups excluding carboxylic acids is 2. The van der Waals surface area contributed by atoms with Crippen molar-refractivity contribution in [1.29, 1.82) is 0 Å². The third-order valence-corrected chi connectivity index (χ3v) is 5.49. The summed E-state index contributed by atoms with van der Waals surface area (Å²) in [6.45, 7) is 5.66. The van der Waals surface area contributed by atoms with E-state index >= 15 is 0 Å². The van der Waals surface area contributed by atoms with Crippen molar-refractivity contribution in [2.24, 2.45) is 5.92 Å². The summed E-state index contributed by atoms with van der Waals surface area (Å²) in [6, 6.07) is 7.64. The smallest absolute Gasteiger partial charge is 0.326 e. The standard InChI is InChI=1S/C20H29N3O3/c1-15-7-9-20(10-8-15)18(24)23(19(25)21-20)14-22(3)11-12-26-17-6-4-5-16(2)13-17/h4-6,13,15H,7-12,14H2,1-3H3,(H,21,25). The lowest BCUT2D eigenvalue weighted by atomic mass is 9.77. The van der Waals surface area contributed by atoms with Crippen LogP contribution in [0.3, 0.4) is 0 Å². The molecule has 0 bridgehead atoms. The number of hydrogen-bond acceptors (Lipinski definition) is 4. The third kappa shape index (κ3) is 4.01. The topological polar surface area (TPSA) is 61.9 Å². The molecule has 6 heteroatoms. The fraction of sp³-hybridized carbons (Fsp3) is 0.600. The van der Waals surface area contributed by atoms with Gasteiger partial charge in [0.2, 0.25) is 0 Å². The molecule has 3 amide bonds. The second-order valence-electron chi connectivity index (χ2n) is 7.81. The van der Waals surface area contributed by atoms with Crippen molar-refractivity contribution in [3.05, 3.63) is 29.8 Å². The van der Waals surface area contributed by atoms with E-state index in [2.05, 4.69) is 12.2 Å². The first-order chi connectivity index (χ1) is 12.4. The predicted molar refractivity (Wildman–Crippen MR) is 99.9 cm³/mol. The highest BCUT2D eigenvalue weighted by Gasteiger charge is 2.52. The van der Waals surface area contributed by atoms with Gasteiger partial charge in [0.1, 0.15) is 17.9 Å². The Balaban J connectivity index is 1.50. The van der Waals surface area contributed by atoms with E-state index < -0.39 is 5.54 Å². The van der Waals surface area contributed by atoms with Crippen molar-refractivity contribution in [2.45, 2.75) is 45.1 Å². The molecule has 0 unspecified atom stereocenters. The van der Waals surface area contributed by atoms with Gasteiger partial charge >= 0.3 is 6.03 Å². The summed E-state index contributed by atoms with van der Waals surface area (Å²) in [5, 5.41) is 2.96. The van der Waals surface area contributed by atoms with E-state index in [1.54, 1.807) is 0 Å². The first-order valence-electron chi connectivity index (χ1n) is 9.42. The van der Waals surface area contributed by atoms with Crippen LogP contribution in [-0.2, 0) is 4.79 Å². The van der Waals surface area contributed by atoms with E-state index in [0.29, 0.717) is 25.7 Å². The Morgan fingerprint density at radius 1 is 1.31 bits per heavy atom. The van der Waals surface area contributed by atoms with Crippen molar-refractivity contribution in [2.75, 3.05) is 26.9 Å². The van der Waals surface area contributed by atoms with E-state index in [9.17, 15) is 9.59 Å². The Labute approximate surface area is 155 Å². The average molecular weight is 359 g/mol. The molecular weight excluding hydrogens is 330 g/mol. The molecule has 0 radical (unpaired) electrons. The van der Waals surface area contributed by atoms with Gasteiger partial charge < -0.3 is 10.1 Å². The minimum Gasteiger partial charge on any atom is -0.492 e. The van der Waals surface area contributed by atoms with Crippen LogP contribution in [-0.4, -0.2) is 54.1 Å². The predicted octanol–water partition coefficient (Wildman–Crippen LogP) is 2.76. The van der Waals surface area contributed by atoms with Gasteiger partial charge in [-0.05, 0) is 63.3 Å². The van der Waals surface area contributed by atoms with Crippen molar-refractivity contribution >= 4 is 11.9 Å². The van der Waals surface area contributed by atoms with Gasteiger partial charge in [0.15, 0.2) is 0 Å². The average Bonchev–Trinajstić information content (AvgIpc) is 2.82. The van der Waals surface area contributed by atoms with E-state index in [1.807, 2.05) is 43.1 Å². The molecule has 1 spiro atoms. The molecule has 1 heterocycles. The summed E-state index contributed by atoms with van der Waals surface area (Å²) in [7, 11) is 1.90. The summed E-state index contributed by atoms with van der Waals surface area (Å²) in [5.74, 6) is 1.39. The van der Waals surface area contributed by atoms with Crippen molar-refractivity contribution < 1.29 is 14.3 Å². The van der Waals surface area contributed by atoms with Crippen LogP contribution in [0.2, 0.25) is 0 Å². The first kappa shape index (κ1) is 18.7. The van der Waals surface area contributed by atoms with Crippen LogP contribution in [0.4, 0.5) is 4.79 Å². The number of amides is 3. The van der Waals surface area contributed by atoms with Gasteiger partial charge in [-0.1, -0.05) is 19.1 Å². The Bertz CT molecular complexity index is 668. The van der Waals surface area contributed by atoms with E-state index in [4.69, 9.17) is 4.74 Å². The van der Waals surface area contributed by atoms with Crippen LogP contribution in [0.25, 0.3) is 0 Å². The maximum Gasteiger partial charge on any atom is 0.326 e. The highest BCUT2D eigenvalue weighted by atomic mass is 16.5. The molecule has 0 atom stereocenters. The fourth-order valence-corrected chi connectivity index (χ4v) is 3.74. The number of imide groups is 1. The summed E-state index contributed by atoms with van der Waals surface area (Å²) >= 11 is 0. The number of aryl methyl sites for hydroxylation is 1. The Morgan fingerprint density at radius 3 is 2.73 bits per heavy atom. The van der Waals surface area contributed by atoms with Crippen molar-refractivity contribution in [1.82, 2.24) is 15.1 Å². The Kier molecular flexibility index (Phi) is 5.51. The lowest BCUT2D eigenvalue weighted by molar-refractivity contribution is -0.134. The number of nitrogens with one attached hydrogen (secondary N) is 1. The SMILES string of the molecule is Cc1cccc(OCCN(C)CN2C(=O)NC3(CCC(C)CC3)C2=O)c1. The Morgan fingerprint density at radius 2 is 2.04 bits per heavy atom. The first-order valence-corrected chi connectivity index (χ1v) is 9.42. The number of likely N-dealkylation sites (N-methyl/N-ethyl adjacent to an activating group) is 1. The van der Waals surface area contributed by atoms with Crippen LogP contribution in [0, 0.1) is 12.8 Å². The van der Waals surface area contributed by atoms with Gasteiger partial charge in [0.25, 0.3) is 5.91 Å². The van der Waals surface area contributed by atoms with E-state index in [1.165, 1.54) is 4.90 Å². The van der Waals surface area contributed by atoms with Gasteiger partial charge in [-0.25, -0.2) is 9.69 Å². The molecule has 1 saturated carbocycles. The van der Waals surface area contributed by atoms with Crippen LogP contribution in [0.15, 0.2) is 24.3 Å². The molecule has 3 rings (SSSR count). The molecule has 0 aromatic heterocycles.